The Hall–Kier alpha value is -3.65. The van der Waals surface area contributed by atoms with Crippen LogP contribution in [0.5, 0.6) is 11.6 Å². The second kappa shape index (κ2) is 11.3. The third-order valence-electron chi connectivity index (χ3n) is 4.73. The van der Waals surface area contributed by atoms with E-state index in [4.69, 9.17) is 25.6 Å². The molecule has 2 aromatic rings. The molecule has 3 rings (SSSR count). The Morgan fingerprint density at radius 2 is 1.94 bits per heavy atom. The number of carbonyl (C=O) groups excluding carboxylic acids is 1. The summed E-state index contributed by atoms with van der Waals surface area (Å²) in [4.78, 5) is 27.2. The fraction of sp³-hybridized carbons (Fsp3) is 0.364. The van der Waals surface area contributed by atoms with Crippen LogP contribution in [-0.4, -0.2) is 51.7 Å². The lowest BCUT2D eigenvalue weighted by atomic mass is 10.1. The van der Waals surface area contributed by atoms with Crippen molar-refractivity contribution in [2.24, 2.45) is 5.73 Å². The number of halogens is 3. The molecule has 0 radical (unpaired) electrons. The van der Waals surface area contributed by atoms with Crippen LogP contribution in [0.2, 0.25) is 0 Å². The van der Waals surface area contributed by atoms with Crippen molar-refractivity contribution in [3.8, 4) is 17.7 Å². The normalized spacial score (nSPS) is 16.2. The van der Waals surface area contributed by atoms with Gasteiger partial charge in [0.15, 0.2) is 0 Å². The van der Waals surface area contributed by atoms with Crippen molar-refractivity contribution in [3.63, 3.8) is 0 Å². The van der Waals surface area contributed by atoms with Gasteiger partial charge in [-0.3, -0.25) is 4.79 Å². The van der Waals surface area contributed by atoms with Crippen LogP contribution in [0.1, 0.15) is 24.0 Å². The van der Waals surface area contributed by atoms with Crippen LogP contribution in [0.15, 0.2) is 42.6 Å². The SMILES string of the molecule is Cc1ccc(Oc2ccc(C[C@H](N)C(=O)N3CCCC3C#N)cc2)nc1.O=C(O)C(F)(F)F. The minimum Gasteiger partial charge on any atom is -0.475 e. The number of rotatable bonds is 5. The Balaban J connectivity index is 0.000000479. The van der Waals surface area contributed by atoms with Gasteiger partial charge in [0.1, 0.15) is 11.8 Å². The number of aryl methyl sites for hydroxylation is 1. The first kappa shape index (κ1) is 25.6. The molecule has 1 amide bonds. The maximum absolute atomic E-state index is 12.5. The number of nitrogens with two attached hydrogens (primary N) is 1. The summed E-state index contributed by atoms with van der Waals surface area (Å²) in [7, 11) is 0. The summed E-state index contributed by atoms with van der Waals surface area (Å²) in [6, 6.07) is 12.4. The standard InChI is InChI=1S/C20H22N4O2.C2HF3O2/c1-14-4-9-19(23-13-14)26-17-7-5-15(6-8-17)11-18(22)20(25)24-10-2-3-16(24)12-21;3-2(4,5)1(6)7/h4-9,13,16,18H,2-3,10-11,22H2,1H3;(H,6,7)/t16?,18-;/m0./s1. The number of nitriles is 1. The maximum Gasteiger partial charge on any atom is 0.490 e. The largest absolute Gasteiger partial charge is 0.490 e. The number of nitrogens with zero attached hydrogens (tertiary/aromatic N) is 3. The summed E-state index contributed by atoms with van der Waals surface area (Å²) in [5, 5.41) is 16.2. The average Bonchev–Trinajstić information content (AvgIpc) is 3.25. The van der Waals surface area contributed by atoms with Crippen LogP contribution in [0.3, 0.4) is 0 Å². The zero-order chi connectivity index (χ0) is 24.6. The number of aliphatic carboxylic acids is 1. The van der Waals surface area contributed by atoms with E-state index in [-0.39, 0.29) is 11.9 Å². The number of hydrogen-bond acceptors (Lipinski definition) is 6. The Labute approximate surface area is 188 Å². The third-order valence-corrected chi connectivity index (χ3v) is 4.73. The molecule has 1 aromatic heterocycles. The molecule has 0 spiro atoms. The smallest absolute Gasteiger partial charge is 0.475 e. The van der Waals surface area contributed by atoms with Crippen molar-refractivity contribution in [2.45, 2.75) is 44.4 Å². The summed E-state index contributed by atoms with van der Waals surface area (Å²) in [5.74, 6) is -1.70. The van der Waals surface area contributed by atoms with E-state index in [2.05, 4.69) is 11.1 Å². The number of benzene rings is 1. The van der Waals surface area contributed by atoms with E-state index in [9.17, 15) is 18.0 Å². The lowest BCUT2D eigenvalue weighted by Crippen LogP contribution is -2.46. The lowest BCUT2D eigenvalue weighted by Gasteiger charge is -2.23. The Morgan fingerprint density at radius 1 is 1.30 bits per heavy atom. The Bertz CT molecular complexity index is 989. The molecule has 1 unspecified atom stereocenters. The molecule has 2 atom stereocenters. The van der Waals surface area contributed by atoms with E-state index in [0.29, 0.717) is 24.6 Å². The van der Waals surface area contributed by atoms with Gasteiger partial charge in [0.2, 0.25) is 11.8 Å². The summed E-state index contributed by atoms with van der Waals surface area (Å²) >= 11 is 0. The van der Waals surface area contributed by atoms with Crippen LogP contribution in [0.25, 0.3) is 0 Å². The molecule has 2 heterocycles. The zero-order valence-corrected chi connectivity index (χ0v) is 17.7. The van der Waals surface area contributed by atoms with Gasteiger partial charge in [-0.1, -0.05) is 18.2 Å². The first-order valence-corrected chi connectivity index (χ1v) is 9.96. The van der Waals surface area contributed by atoms with Crippen LogP contribution in [-0.2, 0) is 16.0 Å². The van der Waals surface area contributed by atoms with Gasteiger partial charge < -0.3 is 20.5 Å². The highest BCUT2D eigenvalue weighted by Crippen LogP contribution is 2.21. The van der Waals surface area contributed by atoms with Crippen molar-refractivity contribution in [1.29, 1.82) is 5.26 Å². The molecule has 0 aliphatic carbocycles. The first-order chi connectivity index (χ1) is 15.5. The molecular weight excluding hydrogens is 441 g/mol. The minimum atomic E-state index is -5.08. The van der Waals surface area contributed by atoms with Crippen molar-refractivity contribution in [2.75, 3.05) is 6.54 Å². The minimum absolute atomic E-state index is 0.154. The molecule has 0 saturated carbocycles. The Kier molecular flexibility index (Phi) is 8.76. The number of aromatic nitrogens is 1. The predicted octanol–water partition coefficient (Wildman–Crippen LogP) is 3.20. The molecular formula is C22H23F3N4O4. The van der Waals surface area contributed by atoms with Crippen LogP contribution in [0, 0.1) is 18.3 Å². The van der Waals surface area contributed by atoms with Gasteiger partial charge in [-0.25, -0.2) is 9.78 Å². The van der Waals surface area contributed by atoms with E-state index >= 15 is 0 Å². The number of amides is 1. The molecule has 1 fully saturated rings. The van der Waals surface area contributed by atoms with Gasteiger partial charge in [-0.2, -0.15) is 18.4 Å². The number of likely N-dealkylation sites (tertiary alicyclic amines) is 1. The predicted molar refractivity (Wildman–Crippen MR) is 111 cm³/mol. The first-order valence-electron chi connectivity index (χ1n) is 9.96. The van der Waals surface area contributed by atoms with Gasteiger partial charge in [0, 0.05) is 18.8 Å². The molecule has 1 aliphatic rings. The number of ether oxygens (including phenoxy) is 1. The molecule has 11 heteroatoms. The number of carbonyl (C=O) groups is 2. The molecule has 1 aromatic carbocycles. The third kappa shape index (κ3) is 7.76. The van der Waals surface area contributed by atoms with Gasteiger partial charge in [-0.05, 0) is 49.4 Å². The van der Waals surface area contributed by atoms with Gasteiger partial charge in [0.05, 0.1) is 12.1 Å². The summed E-state index contributed by atoms with van der Waals surface area (Å²) in [6.45, 7) is 2.58. The molecule has 3 N–H and O–H groups in total. The number of hydrogen-bond donors (Lipinski definition) is 2. The van der Waals surface area contributed by atoms with Crippen molar-refractivity contribution in [3.05, 3.63) is 53.7 Å². The Morgan fingerprint density at radius 3 is 2.45 bits per heavy atom. The van der Waals surface area contributed by atoms with Crippen LogP contribution < -0.4 is 10.5 Å². The average molecular weight is 464 g/mol. The monoisotopic (exact) mass is 464 g/mol. The molecule has 0 bridgehead atoms. The fourth-order valence-corrected chi connectivity index (χ4v) is 3.05. The van der Waals surface area contributed by atoms with Gasteiger partial charge in [0.25, 0.3) is 0 Å². The van der Waals surface area contributed by atoms with E-state index in [1.165, 1.54) is 0 Å². The summed E-state index contributed by atoms with van der Waals surface area (Å²) in [5.41, 5.74) is 8.10. The number of carboxylic acid groups (broad SMARTS) is 1. The molecule has 176 valence electrons. The molecule has 1 saturated heterocycles. The highest BCUT2D eigenvalue weighted by Gasteiger charge is 2.38. The summed E-state index contributed by atoms with van der Waals surface area (Å²) in [6.07, 6.45) is -1.32. The second-order valence-corrected chi connectivity index (χ2v) is 7.35. The fourth-order valence-electron chi connectivity index (χ4n) is 3.05. The van der Waals surface area contributed by atoms with E-state index in [1.807, 2.05) is 43.3 Å². The number of carboxylic acids is 1. The van der Waals surface area contributed by atoms with Crippen LogP contribution >= 0.6 is 0 Å². The number of alkyl halides is 3. The molecule has 33 heavy (non-hydrogen) atoms. The van der Waals surface area contributed by atoms with Gasteiger partial charge in [-0.15, -0.1) is 0 Å². The van der Waals surface area contributed by atoms with Crippen LogP contribution in [0.4, 0.5) is 13.2 Å². The van der Waals surface area contributed by atoms with Gasteiger partial charge >= 0.3 is 12.1 Å². The van der Waals surface area contributed by atoms with E-state index in [1.54, 1.807) is 11.1 Å². The maximum atomic E-state index is 12.5. The lowest BCUT2D eigenvalue weighted by molar-refractivity contribution is -0.192. The van der Waals surface area contributed by atoms with E-state index < -0.39 is 18.2 Å². The quantitative estimate of drug-likeness (QED) is 0.695. The topological polar surface area (TPSA) is 130 Å². The highest BCUT2D eigenvalue weighted by atomic mass is 19.4. The summed E-state index contributed by atoms with van der Waals surface area (Å²) < 4.78 is 37.4. The molecule has 1 aliphatic heterocycles. The number of pyridine rings is 1. The highest BCUT2D eigenvalue weighted by molar-refractivity contribution is 5.82. The van der Waals surface area contributed by atoms with E-state index in [0.717, 1.165) is 24.0 Å². The molecule has 8 nitrogen and oxygen atoms in total. The van der Waals surface area contributed by atoms with Crippen molar-refractivity contribution >= 4 is 11.9 Å². The van der Waals surface area contributed by atoms with Crippen molar-refractivity contribution in [1.82, 2.24) is 9.88 Å². The zero-order valence-electron chi connectivity index (χ0n) is 17.7. The van der Waals surface area contributed by atoms with Crippen molar-refractivity contribution < 1.29 is 32.6 Å². The second-order valence-electron chi connectivity index (χ2n) is 7.35.